The molecule has 1 rings (SSSR count). The molecule has 0 aromatic heterocycles. The molecule has 0 bridgehead atoms. The summed E-state index contributed by atoms with van der Waals surface area (Å²) in [5.74, 6) is 0.164. The molecule has 0 aromatic rings. The zero-order valence-electron chi connectivity index (χ0n) is 6.62. The van der Waals surface area contributed by atoms with E-state index in [2.05, 4.69) is 5.32 Å². The Labute approximate surface area is 66.9 Å². The van der Waals surface area contributed by atoms with Gasteiger partial charge in [-0.15, -0.1) is 0 Å². The van der Waals surface area contributed by atoms with Gasteiger partial charge in [-0.2, -0.15) is 0 Å². The second kappa shape index (κ2) is 3.98. The first-order valence-corrected chi connectivity index (χ1v) is 3.72. The van der Waals surface area contributed by atoms with Gasteiger partial charge in [-0.3, -0.25) is 0 Å². The average Bonchev–Trinajstić information content (AvgIpc) is 2.28. The quantitative estimate of drug-likeness (QED) is 0.612. The molecule has 2 nitrogen and oxygen atoms in total. The van der Waals surface area contributed by atoms with Crippen molar-refractivity contribution < 1.29 is 5.11 Å². The lowest BCUT2D eigenvalue weighted by molar-refractivity contribution is 0.274. The first kappa shape index (κ1) is 8.08. The highest BCUT2D eigenvalue weighted by atomic mass is 16.3. The van der Waals surface area contributed by atoms with Crippen molar-refractivity contribution in [2.45, 2.75) is 0 Å². The van der Waals surface area contributed by atoms with E-state index in [1.807, 2.05) is 37.4 Å². The summed E-state index contributed by atoms with van der Waals surface area (Å²) in [6.07, 6.45) is 9.85. The molecule has 1 atom stereocenters. The third kappa shape index (κ3) is 2.24. The van der Waals surface area contributed by atoms with Gasteiger partial charge in [0, 0.05) is 18.7 Å². The smallest absolute Gasteiger partial charge is 0.0528 e. The van der Waals surface area contributed by atoms with Gasteiger partial charge in [0.15, 0.2) is 0 Å². The van der Waals surface area contributed by atoms with Crippen LogP contribution in [0.2, 0.25) is 0 Å². The fourth-order valence-corrected chi connectivity index (χ4v) is 0.937. The summed E-state index contributed by atoms with van der Waals surface area (Å²) in [7, 11) is 1.88. The first-order chi connectivity index (χ1) is 5.36. The molecular formula is C9H13NO. The van der Waals surface area contributed by atoms with Crippen LogP contribution >= 0.6 is 0 Å². The van der Waals surface area contributed by atoms with E-state index in [-0.39, 0.29) is 12.5 Å². The Bertz CT molecular complexity index is 204. The highest BCUT2D eigenvalue weighted by Gasteiger charge is 1.98. The molecule has 1 aliphatic carbocycles. The van der Waals surface area contributed by atoms with E-state index in [0.717, 1.165) is 5.70 Å². The summed E-state index contributed by atoms with van der Waals surface area (Å²) >= 11 is 0. The van der Waals surface area contributed by atoms with Gasteiger partial charge in [0.25, 0.3) is 0 Å². The van der Waals surface area contributed by atoms with Crippen LogP contribution in [0.15, 0.2) is 36.1 Å². The standard InChI is InChI=1S/C9H13NO/c1-10-9-4-2-3-8(7-11)5-6-9/h2-6,8,10-11H,7H2,1H3/t8-/m0/s1. The second-order valence-electron chi connectivity index (χ2n) is 2.46. The first-order valence-electron chi connectivity index (χ1n) is 3.72. The van der Waals surface area contributed by atoms with Crippen molar-refractivity contribution in [1.29, 1.82) is 0 Å². The third-order valence-corrected chi connectivity index (χ3v) is 1.66. The lowest BCUT2D eigenvalue weighted by atomic mass is 10.1. The van der Waals surface area contributed by atoms with Crippen LogP contribution in [0.1, 0.15) is 0 Å². The number of hydrogen-bond donors (Lipinski definition) is 2. The molecule has 0 fully saturated rings. The van der Waals surface area contributed by atoms with E-state index < -0.39 is 0 Å². The van der Waals surface area contributed by atoms with Gasteiger partial charge >= 0.3 is 0 Å². The number of allylic oxidation sites excluding steroid dienone is 3. The Balaban J connectivity index is 2.66. The van der Waals surface area contributed by atoms with Crippen LogP contribution in [0.4, 0.5) is 0 Å². The summed E-state index contributed by atoms with van der Waals surface area (Å²) in [5.41, 5.74) is 1.07. The molecule has 60 valence electrons. The van der Waals surface area contributed by atoms with Gasteiger partial charge in [-0.05, 0) is 12.2 Å². The molecule has 2 heteroatoms. The van der Waals surface area contributed by atoms with E-state index in [0.29, 0.717) is 0 Å². The summed E-state index contributed by atoms with van der Waals surface area (Å²) in [6.45, 7) is 0.178. The normalized spacial score (nSPS) is 22.7. The van der Waals surface area contributed by atoms with E-state index >= 15 is 0 Å². The van der Waals surface area contributed by atoms with Crippen molar-refractivity contribution in [1.82, 2.24) is 5.32 Å². The Hall–Kier alpha value is -1.02. The zero-order chi connectivity index (χ0) is 8.10. The van der Waals surface area contributed by atoms with Crippen molar-refractivity contribution in [3.63, 3.8) is 0 Å². The number of aliphatic hydroxyl groups excluding tert-OH is 1. The maximum Gasteiger partial charge on any atom is 0.0528 e. The van der Waals surface area contributed by atoms with E-state index in [1.54, 1.807) is 0 Å². The summed E-state index contributed by atoms with van der Waals surface area (Å²) in [5, 5.41) is 11.9. The number of nitrogens with one attached hydrogen (secondary N) is 1. The van der Waals surface area contributed by atoms with E-state index in [4.69, 9.17) is 5.11 Å². The van der Waals surface area contributed by atoms with E-state index in [9.17, 15) is 0 Å². The van der Waals surface area contributed by atoms with Crippen molar-refractivity contribution in [2.24, 2.45) is 5.92 Å². The Morgan fingerprint density at radius 3 is 3.00 bits per heavy atom. The van der Waals surface area contributed by atoms with Crippen LogP contribution in [-0.2, 0) is 0 Å². The zero-order valence-corrected chi connectivity index (χ0v) is 6.62. The van der Waals surface area contributed by atoms with Crippen LogP contribution in [0.3, 0.4) is 0 Å². The monoisotopic (exact) mass is 151 g/mol. The van der Waals surface area contributed by atoms with Gasteiger partial charge < -0.3 is 10.4 Å². The van der Waals surface area contributed by atoms with Gasteiger partial charge in [0.2, 0.25) is 0 Å². The molecule has 0 spiro atoms. The van der Waals surface area contributed by atoms with Gasteiger partial charge in [-0.1, -0.05) is 18.2 Å². The Morgan fingerprint density at radius 2 is 2.36 bits per heavy atom. The predicted octanol–water partition coefficient (Wildman–Crippen LogP) is 0.824. The molecule has 0 aromatic carbocycles. The largest absolute Gasteiger partial charge is 0.395 e. The molecule has 0 radical (unpaired) electrons. The predicted molar refractivity (Wildman–Crippen MR) is 46.0 cm³/mol. The fourth-order valence-electron chi connectivity index (χ4n) is 0.937. The van der Waals surface area contributed by atoms with Gasteiger partial charge in [0.05, 0.1) is 6.61 Å². The number of rotatable bonds is 2. The van der Waals surface area contributed by atoms with Crippen LogP contribution < -0.4 is 5.32 Å². The van der Waals surface area contributed by atoms with Gasteiger partial charge in [-0.25, -0.2) is 0 Å². The highest BCUT2D eigenvalue weighted by Crippen LogP contribution is 2.06. The summed E-state index contributed by atoms with van der Waals surface area (Å²) < 4.78 is 0. The van der Waals surface area contributed by atoms with Crippen LogP contribution in [0.5, 0.6) is 0 Å². The highest BCUT2D eigenvalue weighted by molar-refractivity contribution is 5.27. The van der Waals surface area contributed by atoms with Crippen molar-refractivity contribution >= 4 is 0 Å². The molecule has 0 saturated carbocycles. The maximum absolute atomic E-state index is 8.83. The lowest BCUT2D eigenvalue weighted by Gasteiger charge is -1.99. The van der Waals surface area contributed by atoms with Gasteiger partial charge in [0.1, 0.15) is 0 Å². The minimum atomic E-state index is 0.164. The molecule has 2 N–H and O–H groups in total. The topological polar surface area (TPSA) is 32.3 Å². The maximum atomic E-state index is 8.83. The SMILES string of the molecule is CNC1=CC=C[C@H](CO)C=C1. The van der Waals surface area contributed by atoms with E-state index in [1.165, 1.54) is 0 Å². The minimum Gasteiger partial charge on any atom is -0.395 e. The summed E-state index contributed by atoms with van der Waals surface area (Å²) in [4.78, 5) is 0. The molecular weight excluding hydrogens is 138 g/mol. The molecule has 0 heterocycles. The Kier molecular flexibility index (Phi) is 2.93. The Morgan fingerprint density at radius 1 is 1.55 bits per heavy atom. The molecule has 0 aliphatic heterocycles. The third-order valence-electron chi connectivity index (χ3n) is 1.66. The molecule has 11 heavy (non-hydrogen) atoms. The van der Waals surface area contributed by atoms with Crippen LogP contribution in [0.25, 0.3) is 0 Å². The molecule has 0 saturated heterocycles. The van der Waals surface area contributed by atoms with Crippen LogP contribution in [0, 0.1) is 5.92 Å². The number of hydrogen-bond acceptors (Lipinski definition) is 2. The van der Waals surface area contributed by atoms with Crippen molar-refractivity contribution in [2.75, 3.05) is 13.7 Å². The average molecular weight is 151 g/mol. The molecule has 1 aliphatic rings. The second-order valence-corrected chi connectivity index (χ2v) is 2.46. The lowest BCUT2D eigenvalue weighted by Crippen LogP contribution is -2.02. The van der Waals surface area contributed by atoms with Crippen molar-refractivity contribution in [3.05, 3.63) is 36.1 Å². The number of likely N-dealkylation sites (N-methyl/N-ethyl adjacent to an activating group) is 1. The fraction of sp³-hybridized carbons (Fsp3) is 0.333. The molecule has 0 amide bonds. The van der Waals surface area contributed by atoms with Crippen molar-refractivity contribution in [3.8, 4) is 0 Å². The number of aliphatic hydroxyl groups is 1. The minimum absolute atomic E-state index is 0.164. The van der Waals surface area contributed by atoms with Crippen LogP contribution in [-0.4, -0.2) is 18.8 Å². The summed E-state index contributed by atoms with van der Waals surface area (Å²) in [6, 6.07) is 0. The molecule has 0 unspecified atom stereocenters.